The minimum Gasteiger partial charge on any atom is -0.490 e. The molecule has 1 aromatic heterocycles. The minimum atomic E-state index is -0.416. The fourth-order valence-electron chi connectivity index (χ4n) is 2.29. The maximum absolute atomic E-state index is 9.62. The number of ether oxygens (including phenoxy) is 1. The van der Waals surface area contributed by atoms with Crippen molar-refractivity contribution in [2.45, 2.75) is 19.4 Å². The van der Waals surface area contributed by atoms with E-state index in [0.717, 1.165) is 27.6 Å². The van der Waals surface area contributed by atoms with Crippen molar-refractivity contribution in [2.24, 2.45) is 0 Å². The van der Waals surface area contributed by atoms with Gasteiger partial charge < -0.3 is 14.8 Å². The van der Waals surface area contributed by atoms with Crippen LogP contribution in [-0.2, 0) is 0 Å². The maximum atomic E-state index is 9.62. The molecule has 3 nitrogen and oxygen atoms in total. The second-order valence-electron chi connectivity index (χ2n) is 4.72. The first kappa shape index (κ1) is 12.1. The van der Waals surface area contributed by atoms with E-state index in [1.54, 1.807) is 0 Å². The third-order valence-electron chi connectivity index (χ3n) is 3.39. The van der Waals surface area contributed by atoms with Gasteiger partial charge in [0, 0.05) is 16.3 Å². The van der Waals surface area contributed by atoms with Gasteiger partial charge in [0.1, 0.15) is 12.4 Å². The Kier molecular flexibility index (Phi) is 3.13. The minimum absolute atomic E-state index is 0.328. The summed E-state index contributed by atoms with van der Waals surface area (Å²) >= 11 is 0. The maximum Gasteiger partial charge on any atom is 0.129 e. The van der Waals surface area contributed by atoms with Crippen molar-refractivity contribution in [1.29, 1.82) is 0 Å². The molecule has 0 amide bonds. The lowest BCUT2D eigenvalue weighted by Gasteiger charge is -2.11. The van der Waals surface area contributed by atoms with Crippen LogP contribution in [0.15, 0.2) is 42.5 Å². The molecule has 2 N–H and O–H groups in total. The Morgan fingerprint density at radius 3 is 2.74 bits per heavy atom. The third kappa shape index (κ3) is 2.17. The van der Waals surface area contributed by atoms with Crippen molar-refractivity contribution >= 4 is 21.8 Å². The van der Waals surface area contributed by atoms with Crippen LogP contribution in [0.5, 0.6) is 5.75 Å². The molecule has 3 aromatic rings. The molecule has 3 rings (SSSR count). The number of benzene rings is 2. The number of para-hydroxylation sites is 1. The summed E-state index contributed by atoms with van der Waals surface area (Å²) in [7, 11) is 0. The molecule has 3 heteroatoms. The predicted molar refractivity (Wildman–Crippen MR) is 77.6 cm³/mol. The normalized spacial score (nSPS) is 12.9. The van der Waals surface area contributed by atoms with E-state index in [0.29, 0.717) is 13.0 Å². The first-order valence-electron chi connectivity index (χ1n) is 6.60. The van der Waals surface area contributed by atoms with Crippen molar-refractivity contribution in [3.05, 3.63) is 42.5 Å². The standard InChI is InChI=1S/C16H17NO2/c1-2-11(18)10-19-15-9-5-8-14-16(15)12-6-3-4-7-13(12)17-14/h3-9,11,17-18H,2,10H2,1H3. The molecule has 0 saturated heterocycles. The third-order valence-corrected chi connectivity index (χ3v) is 3.39. The highest BCUT2D eigenvalue weighted by molar-refractivity contribution is 6.10. The van der Waals surface area contributed by atoms with Crippen LogP contribution < -0.4 is 4.74 Å². The summed E-state index contributed by atoms with van der Waals surface area (Å²) in [5.74, 6) is 0.822. The fraction of sp³-hybridized carbons (Fsp3) is 0.250. The van der Waals surface area contributed by atoms with Gasteiger partial charge in [-0.15, -0.1) is 0 Å². The number of rotatable bonds is 4. The number of aromatic nitrogens is 1. The molecule has 98 valence electrons. The molecule has 19 heavy (non-hydrogen) atoms. The fourth-order valence-corrected chi connectivity index (χ4v) is 2.29. The zero-order valence-electron chi connectivity index (χ0n) is 10.9. The van der Waals surface area contributed by atoms with Gasteiger partial charge in [-0.05, 0) is 24.6 Å². The smallest absolute Gasteiger partial charge is 0.129 e. The van der Waals surface area contributed by atoms with E-state index in [4.69, 9.17) is 4.74 Å². The van der Waals surface area contributed by atoms with Crippen LogP contribution >= 0.6 is 0 Å². The quantitative estimate of drug-likeness (QED) is 0.749. The molecule has 0 aliphatic heterocycles. The number of fused-ring (bicyclic) bond motifs is 3. The first-order valence-corrected chi connectivity index (χ1v) is 6.60. The summed E-state index contributed by atoms with van der Waals surface area (Å²) < 4.78 is 5.77. The summed E-state index contributed by atoms with van der Waals surface area (Å²) in [6.45, 7) is 2.27. The van der Waals surface area contributed by atoms with Crippen molar-refractivity contribution in [3.63, 3.8) is 0 Å². The van der Waals surface area contributed by atoms with Crippen molar-refractivity contribution in [3.8, 4) is 5.75 Å². The van der Waals surface area contributed by atoms with Gasteiger partial charge in [-0.25, -0.2) is 0 Å². The van der Waals surface area contributed by atoms with Crippen LogP contribution in [0.25, 0.3) is 21.8 Å². The van der Waals surface area contributed by atoms with E-state index in [-0.39, 0.29) is 0 Å². The lowest BCUT2D eigenvalue weighted by Crippen LogP contribution is -2.16. The van der Waals surface area contributed by atoms with Gasteiger partial charge in [0.2, 0.25) is 0 Å². The van der Waals surface area contributed by atoms with E-state index >= 15 is 0 Å². The topological polar surface area (TPSA) is 45.2 Å². The van der Waals surface area contributed by atoms with Gasteiger partial charge in [0.25, 0.3) is 0 Å². The second kappa shape index (κ2) is 4.94. The van der Waals surface area contributed by atoms with Crippen LogP contribution in [0, 0.1) is 0 Å². The monoisotopic (exact) mass is 255 g/mol. The Hall–Kier alpha value is -2.00. The highest BCUT2D eigenvalue weighted by atomic mass is 16.5. The zero-order chi connectivity index (χ0) is 13.2. The largest absolute Gasteiger partial charge is 0.490 e. The van der Waals surface area contributed by atoms with E-state index < -0.39 is 6.10 Å². The molecule has 1 heterocycles. The SMILES string of the molecule is CCC(O)COc1cccc2[nH]c3ccccc3c12. The van der Waals surface area contributed by atoms with Crippen LogP contribution in [0.4, 0.5) is 0 Å². The summed E-state index contributed by atoms with van der Waals surface area (Å²) in [6.07, 6.45) is 0.282. The molecule has 0 radical (unpaired) electrons. The van der Waals surface area contributed by atoms with Crippen LogP contribution in [-0.4, -0.2) is 22.8 Å². The molecule has 0 fully saturated rings. The number of hydrogen-bond donors (Lipinski definition) is 2. The number of aromatic amines is 1. The van der Waals surface area contributed by atoms with Crippen molar-refractivity contribution in [1.82, 2.24) is 4.98 Å². The summed E-state index contributed by atoms with van der Waals surface area (Å²) in [5, 5.41) is 11.9. The molecule has 1 unspecified atom stereocenters. The van der Waals surface area contributed by atoms with Gasteiger partial charge in [-0.2, -0.15) is 0 Å². The van der Waals surface area contributed by atoms with Crippen molar-refractivity contribution < 1.29 is 9.84 Å². The average molecular weight is 255 g/mol. The zero-order valence-corrected chi connectivity index (χ0v) is 10.9. The van der Waals surface area contributed by atoms with E-state index in [9.17, 15) is 5.11 Å². The second-order valence-corrected chi connectivity index (χ2v) is 4.72. The van der Waals surface area contributed by atoms with Gasteiger partial charge >= 0.3 is 0 Å². The Morgan fingerprint density at radius 1 is 1.11 bits per heavy atom. The molecular formula is C16H17NO2. The number of aliphatic hydroxyl groups excluding tert-OH is 1. The molecule has 0 aliphatic carbocycles. The first-order chi connectivity index (χ1) is 9.29. The molecule has 0 aliphatic rings. The van der Waals surface area contributed by atoms with Gasteiger partial charge in [0.05, 0.1) is 11.6 Å². The van der Waals surface area contributed by atoms with Crippen LogP contribution in [0.1, 0.15) is 13.3 Å². The van der Waals surface area contributed by atoms with Crippen LogP contribution in [0.2, 0.25) is 0 Å². The molecule has 1 atom stereocenters. The van der Waals surface area contributed by atoms with Gasteiger partial charge in [0.15, 0.2) is 0 Å². The molecular weight excluding hydrogens is 238 g/mol. The lowest BCUT2D eigenvalue weighted by atomic mass is 10.1. The number of nitrogens with one attached hydrogen (secondary N) is 1. The van der Waals surface area contributed by atoms with Gasteiger partial charge in [-0.1, -0.05) is 31.2 Å². The number of H-pyrrole nitrogens is 1. The summed E-state index contributed by atoms with van der Waals surface area (Å²) in [6, 6.07) is 14.1. The van der Waals surface area contributed by atoms with E-state index in [1.165, 1.54) is 0 Å². The average Bonchev–Trinajstić information content (AvgIpc) is 2.83. The van der Waals surface area contributed by atoms with Gasteiger partial charge in [-0.3, -0.25) is 0 Å². The summed E-state index contributed by atoms with van der Waals surface area (Å²) in [4.78, 5) is 3.38. The molecule has 0 spiro atoms. The Morgan fingerprint density at radius 2 is 1.89 bits per heavy atom. The molecule has 0 saturated carbocycles. The Balaban J connectivity index is 2.08. The Bertz CT molecular complexity index is 702. The summed E-state index contributed by atoms with van der Waals surface area (Å²) in [5.41, 5.74) is 2.16. The highest BCUT2D eigenvalue weighted by Crippen LogP contribution is 2.32. The highest BCUT2D eigenvalue weighted by Gasteiger charge is 2.10. The molecule has 0 bridgehead atoms. The lowest BCUT2D eigenvalue weighted by molar-refractivity contribution is 0.105. The van der Waals surface area contributed by atoms with Crippen LogP contribution in [0.3, 0.4) is 0 Å². The number of aliphatic hydroxyl groups is 1. The number of hydrogen-bond acceptors (Lipinski definition) is 2. The van der Waals surface area contributed by atoms with Crippen molar-refractivity contribution in [2.75, 3.05) is 6.61 Å². The van der Waals surface area contributed by atoms with E-state index in [1.807, 2.05) is 37.3 Å². The van der Waals surface area contributed by atoms with E-state index in [2.05, 4.69) is 17.1 Å². The Labute approximate surface area is 111 Å². The predicted octanol–water partition coefficient (Wildman–Crippen LogP) is 3.47. The molecule has 2 aromatic carbocycles.